The number of nitrogens with zero attached hydrogens (tertiary/aromatic N) is 3. The first kappa shape index (κ1) is 13.4. The van der Waals surface area contributed by atoms with Crippen molar-refractivity contribution < 1.29 is 13.2 Å². The van der Waals surface area contributed by atoms with E-state index in [0.29, 0.717) is 5.69 Å². The SMILES string of the molecule is Cc1ccccc1-c1cc(N)nc2c(C(F)(F)F)cnn12. The van der Waals surface area contributed by atoms with Gasteiger partial charge in [0, 0.05) is 11.6 Å². The summed E-state index contributed by atoms with van der Waals surface area (Å²) in [6, 6.07) is 8.84. The van der Waals surface area contributed by atoms with Crippen molar-refractivity contribution in [3.05, 3.63) is 47.7 Å². The molecule has 0 bridgehead atoms. The number of nitrogen functional groups attached to an aromatic ring is 1. The monoisotopic (exact) mass is 292 g/mol. The fourth-order valence-corrected chi connectivity index (χ4v) is 2.23. The van der Waals surface area contributed by atoms with Gasteiger partial charge in [-0.3, -0.25) is 0 Å². The van der Waals surface area contributed by atoms with Gasteiger partial charge in [0.25, 0.3) is 0 Å². The van der Waals surface area contributed by atoms with Crippen molar-refractivity contribution in [3.8, 4) is 11.3 Å². The number of fused-ring (bicyclic) bond motifs is 1. The van der Waals surface area contributed by atoms with Crippen LogP contribution in [0.1, 0.15) is 11.1 Å². The van der Waals surface area contributed by atoms with Crippen LogP contribution in [-0.4, -0.2) is 14.6 Å². The van der Waals surface area contributed by atoms with Gasteiger partial charge in [0.05, 0.1) is 11.9 Å². The minimum Gasteiger partial charge on any atom is -0.384 e. The lowest BCUT2D eigenvalue weighted by Gasteiger charge is -2.10. The van der Waals surface area contributed by atoms with Gasteiger partial charge < -0.3 is 5.73 Å². The number of aryl methyl sites for hydroxylation is 1. The number of nitrogens with two attached hydrogens (primary N) is 1. The lowest BCUT2D eigenvalue weighted by atomic mass is 10.1. The molecule has 2 aromatic heterocycles. The number of halogens is 3. The van der Waals surface area contributed by atoms with E-state index in [1.54, 1.807) is 12.1 Å². The molecule has 21 heavy (non-hydrogen) atoms. The molecule has 0 saturated carbocycles. The topological polar surface area (TPSA) is 56.2 Å². The van der Waals surface area contributed by atoms with Crippen molar-refractivity contribution in [2.45, 2.75) is 13.1 Å². The Morgan fingerprint density at radius 2 is 1.90 bits per heavy atom. The summed E-state index contributed by atoms with van der Waals surface area (Å²) in [6.07, 6.45) is -3.75. The first-order chi connectivity index (χ1) is 9.88. The molecule has 0 amide bonds. The highest BCUT2D eigenvalue weighted by molar-refractivity contribution is 5.70. The molecule has 0 aliphatic rings. The minimum atomic E-state index is -4.52. The van der Waals surface area contributed by atoms with Gasteiger partial charge in [0.15, 0.2) is 5.65 Å². The molecular weight excluding hydrogens is 281 g/mol. The second-order valence-electron chi connectivity index (χ2n) is 4.67. The van der Waals surface area contributed by atoms with Gasteiger partial charge in [-0.05, 0) is 12.5 Å². The summed E-state index contributed by atoms with van der Waals surface area (Å²) in [5, 5.41) is 3.82. The zero-order valence-corrected chi connectivity index (χ0v) is 11.0. The zero-order chi connectivity index (χ0) is 15.2. The van der Waals surface area contributed by atoms with E-state index in [4.69, 9.17) is 5.73 Å². The highest BCUT2D eigenvalue weighted by Crippen LogP contribution is 2.34. The third kappa shape index (κ3) is 2.20. The van der Waals surface area contributed by atoms with Crippen LogP contribution in [0.4, 0.5) is 19.0 Å². The summed E-state index contributed by atoms with van der Waals surface area (Å²) < 4.78 is 40.1. The van der Waals surface area contributed by atoms with Gasteiger partial charge in [0.1, 0.15) is 11.4 Å². The van der Waals surface area contributed by atoms with Crippen LogP contribution >= 0.6 is 0 Å². The van der Waals surface area contributed by atoms with E-state index in [1.165, 1.54) is 10.6 Å². The fraction of sp³-hybridized carbons (Fsp3) is 0.143. The molecule has 0 saturated heterocycles. The fourth-order valence-electron chi connectivity index (χ4n) is 2.23. The Kier molecular flexibility index (Phi) is 2.86. The molecule has 0 atom stereocenters. The van der Waals surface area contributed by atoms with E-state index >= 15 is 0 Å². The Morgan fingerprint density at radius 3 is 2.57 bits per heavy atom. The highest BCUT2D eigenvalue weighted by atomic mass is 19.4. The Morgan fingerprint density at radius 1 is 1.19 bits per heavy atom. The number of benzene rings is 1. The summed E-state index contributed by atoms with van der Waals surface area (Å²) in [5.41, 5.74) is 6.62. The summed E-state index contributed by atoms with van der Waals surface area (Å²) in [5.74, 6) is 0.0201. The van der Waals surface area contributed by atoms with Gasteiger partial charge >= 0.3 is 6.18 Å². The van der Waals surface area contributed by atoms with E-state index in [9.17, 15) is 13.2 Å². The zero-order valence-electron chi connectivity index (χ0n) is 11.0. The second-order valence-corrected chi connectivity index (χ2v) is 4.67. The molecule has 7 heteroatoms. The quantitative estimate of drug-likeness (QED) is 0.748. The smallest absolute Gasteiger partial charge is 0.384 e. The number of alkyl halides is 3. The predicted octanol–water partition coefficient (Wildman–Crippen LogP) is 3.31. The van der Waals surface area contributed by atoms with E-state index in [-0.39, 0.29) is 11.5 Å². The number of anilines is 1. The van der Waals surface area contributed by atoms with Crippen molar-refractivity contribution in [1.82, 2.24) is 14.6 Å². The average Bonchev–Trinajstić information content (AvgIpc) is 2.82. The molecule has 0 aliphatic heterocycles. The summed E-state index contributed by atoms with van der Waals surface area (Å²) >= 11 is 0. The molecule has 0 fully saturated rings. The van der Waals surface area contributed by atoms with Crippen molar-refractivity contribution in [2.75, 3.05) is 5.73 Å². The van der Waals surface area contributed by atoms with Crippen LogP contribution in [-0.2, 0) is 6.18 Å². The number of rotatable bonds is 1. The Labute approximate surface area is 118 Å². The lowest BCUT2D eigenvalue weighted by Crippen LogP contribution is -2.07. The molecular formula is C14H11F3N4. The molecule has 0 radical (unpaired) electrons. The van der Waals surface area contributed by atoms with Gasteiger partial charge in [-0.1, -0.05) is 24.3 Å². The maximum Gasteiger partial charge on any atom is 0.421 e. The molecule has 2 heterocycles. The summed E-state index contributed by atoms with van der Waals surface area (Å²) in [6.45, 7) is 1.87. The Bertz CT molecular complexity index is 821. The molecule has 108 valence electrons. The van der Waals surface area contributed by atoms with Crippen LogP contribution in [0.5, 0.6) is 0 Å². The van der Waals surface area contributed by atoms with Crippen molar-refractivity contribution >= 4 is 11.5 Å². The molecule has 4 nitrogen and oxygen atoms in total. The van der Waals surface area contributed by atoms with Gasteiger partial charge in [-0.15, -0.1) is 0 Å². The van der Waals surface area contributed by atoms with Gasteiger partial charge in [0.2, 0.25) is 0 Å². The number of hydrogen-bond donors (Lipinski definition) is 1. The van der Waals surface area contributed by atoms with Crippen LogP contribution in [0.25, 0.3) is 16.9 Å². The van der Waals surface area contributed by atoms with E-state index in [2.05, 4.69) is 10.1 Å². The van der Waals surface area contributed by atoms with Crippen LogP contribution in [0.3, 0.4) is 0 Å². The Hall–Kier alpha value is -2.57. The van der Waals surface area contributed by atoms with Crippen LogP contribution in [0.15, 0.2) is 36.5 Å². The van der Waals surface area contributed by atoms with E-state index in [0.717, 1.165) is 17.3 Å². The van der Waals surface area contributed by atoms with Crippen LogP contribution < -0.4 is 5.73 Å². The second kappa shape index (κ2) is 4.47. The van der Waals surface area contributed by atoms with Crippen LogP contribution in [0, 0.1) is 6.92 Å². The van der Waals surface area contributed by atoms with Crippen molar-refractivity contribution in [1.29, 1.82) is 0 Å². The maximum absolute atomic E-state index is 13.0. The first-order valence-corrected chi connectivity index (χ1v) is 6.15. The third-order valence-electron chi connectivity index (χ3n) is 3.22. The highest BCUT2D eigenvalue weighted by Gasteiger charge is 2.35. The van der Waals surface area contributed by atoms with Crippen LogP contribution in [0.2, 0.25) is 0 Å². The Balaban J connectivity index is 2.35. The predicted molar refractivity (Wildman–Crippen MR) is 72.6 cm³/mol. The molecule has 1 aromatic carbocycles. The molecule has 3 aromatic rings. The molecule has 3 rings (SSSR count). The third-order valence-corrected chi connectivity index (χ3v) is 3.22. The van der Waals surface area contributed by atoms with Gasteiger partial charge in [-0.25, -0.2) is 9.50 Å². The largest absolute Gasteiger partial charge is 0.421 e. The van der Waals surface area contributed by atoms with E-state index < -0.39 is 11.7 Å². The minimum absolute atomic E-state index is 0.0201. The maximum atomic E-state index is 13.0. The van der Waals surface area contributed by atoms with Crippen molar-refractivity contribution in [3.63, 3.8) is 0 Å². The van der Waals surface area contributed by atoms with E-state index in [1.807, 2.05) is 19.1 Å². The normalized spacial score (nSPS) is 12.0. The average molecular weight is 292 g/mol. The standard InChI is InChI=1S/C14H11F3N4/c1-8-4-2-3-5-9(8)11-6-12(18)20-13-10(14(15,16)17)7-19-21(11)13/h2-7H,1H3,(H2,18,20). The first-order valence-electron chi connectivity index (χ1n) is 6.15. The molecule has 2 N–H and O–H groups in total. The van der Waals surface area contributed by atoms with Crippen molar-refractivity contribution in [2.24, 2.45) is 0 Å². The summed E-state index contributed by atoms with van der Waals surface area (Å²) in [7, 11) is 0. The number of hydrogen-bond acceptors (Lipinski definition) is 3. The number of aromatic nitrogens is 3. The molecule has 0 spiro atoms. The molecule has 0 aliphatic carbocycles. The molecule has 0 unspecified atom stereocenters. The summed E-state index contributed by atoms with van der Waals surface area (Å²) in [4.78, 5) is 3.78. The van der Waals surface area contributed by atoms with Gasteiger partial charge in [-0.2, -0.15) is 18.3 Å². The lowest BCUT2D eigenvalue weighted by molar-refractivity contribution is -0.136.